The van der Waals surface area contributed by atoms with Gasteiger partial charge in [0.1, 0.15) is 16.5 Å². The summed E-state index contributed by atoms with van der Waals surface area (Å²) >= 11 is 5.96. The normalized spacial score (nSPS) is 13.8. The van der Waals surface area contributed by atoms with Crippen LogP contribution in [-0.4, -0.2) is 68.4 Å². The largest absolute Gasteiger partial charge is 0.496 e. The summed E-state index contributed by atoms with van der Waals surface area (Å²) < 4.78 is 21.3. The van der Waals surface area contributed by atoms with E-state index in [0.717, 1.165) is 0 Å². The molecule has 150 valence electrons. The molecule has 28 heavy (non-hydrogen) atoms. The van der Waals surface area contributed by atoms with Gasteiger partial charge in [-0.25, -0.2) is 4.98 Å². The highest BCUT2D eigenvalue weighted by Crippen LogP contribution is 2.35. The van der Waals surface area contributed by atoms with Crippen LogP contribution in [0.5, 0.6) is 17.4 Å². The second kappa shape index (κ2) is 8.94. The third kappa shape index (κ3) is 4.20. The molecule has 0 bridgehead atoms. The maximum Gasteiger partial charge on any atom is 0.257 e. The van der Waals surface area contributed by atoms with Crippen molar-refractivity contribution >= 4 is 29.1 Å². The molecule has 0 spiro atoms. The van der Waals surface area contributed by atoms with Crippen LogP contribution in [0.25, 0.3) is 0 Å². The molecule has 2 heterocycles. The number of carbonyl (C=O) groups excluding carboxylic acids is 1. The molecule has 0 radical (unpaired) electrons. The van der Waals surface area contributed by atoms with Gasteiger partial charge in [0.2, 0.25) is 11.8 Å². The van der Waals surface area contributed by atoms with Crippen molar-refractivity contribution in [1.82, 2.24) is 14.9 Å². The summed E-state index contributed by atoms with van der Waals surface area (Å²) in [5.41, 5.74) is 0.934. The van der Waals surface area contributed by atoms with Crippen molar-refractivity contribution in [2.45, 2.75) is 0 Å². The van der Waals surface area contributed by atoms with Crippen LogP contribution >= 0.6 is 11.6 Å². The number of rotatable bonds is 6. The minimum absolute atomic E-state index is 0.144. The zero-order valence-corrected chi connectivity index (χ0v) is 16.6. The average molecular weight is 409 g/mol. The van der Waals surface area contributed by atoms with Gasteiger partial charge in [-0.2, -0.15) is 4.98 Å². The summed E-state index contributed by atoms with van der Waals surface area (Å²) in [6.45, 7) is 2.09. The highest BCUT2D eigenvalue weighted by atomic mass is 35.5. The molecule has 10 heteroatoms. The Balaban J connectivity index is 1.93. The minimum atomic E-state index is -0.144. The van der Waals surface area contributed by atoms with Gasteiger partial charge in [-0.15, -0.1) is 0 Å². The molecule has 3 rings (SSSR count). The van der Waals surface area contributed by atoms with Crippen LogP contribution in [0.2, 0.25) is 5.02 Å². The van der Waals surface area contributed by atoms with Gasteiger partial charge in [0.25, 0.3) is 5.91 Å². The number of nitrogens with zero attached hydrogens (tertiary/aromatic N) is 3. The lowest BCUT2D eigenvalue weighted by Gasteiger charge is -2.27. The molecule has 0 atom stereocenters. The van der Waals surface area contributed by atoms with Crippen molar-refractivity contribution in [3.8, 4) is 17.4 Å². The van der Waals surface area contributed by atoms with E-state index in [1.165, 1.54) is 27.5 Å². The Morgan fingerprint density at radius 1 is 1.14 bits per heavy atom. The van der Waals surface area contributed by atoms with Gasteiger partial charge in [-0.05, 0) is 6.07 Å². The molecule has 1 aromatic carbocycles. The van der Waals surface area contributed by atoms with E-state index in [0.29, 0.717) is 54.1 Å². The fraction of sp³-hybridized carbons (Fsp3) is 0.389. The topological polar surface area (TPSA) is 95.0 Å². The predicted octanol–water partition coefficient (Wildman–Crippen LogP) is 2.37. The van der Waals surface area contributed by atoms with E-state index in [1.807, 2.05) is 0 Å². The molecule has 9 nitrogen and oxygen atoms in total. The van der Waals surface area contributed by atoms with Crippen LogP contribution in [0.3, 0.4) is 0 Å². The maximum atomic E-state index is 12.9. The van der Waals surface area contributed by atoms with E-state index in [9.17, 15) is 4.79 Å². The third-order valence-electron chi connectivity index (χ3n) is 4.20. The minimum Gasteiger partial charge on any atom is -0.496 e. The maximum absolute atomic E-state index is 12.9. The van der Waals surface area contributed by atoms with Gasteiger partial charge >= 0.3 is 0 Å². The molecule has 1 aliphatic heterocycles. The van der Waals surface area contributed by atoms with E-state index in [2.05, 4.69) is 15.3 Å². The number of anilines is 2. The number of aromatic nitrogens is 2. The summed E-state index contributed by atoms with van der Waals surface area (Å²) in [5, 5.41) is 3.33. The smallest absolute Gasteiger partial charge is 0.257 e. The summed E-state index contributed by atoms with van der Waals surface area (Å²) in [6, 6.07) is 3.29. The number of morpholine rings is 1. The molecule has 0 unspecified atom stereocenters. The standard InChI is InChI=1S/C18H21ClN4O5/c1-25-14-9-13(21-18-20-10-12(19)16(22-18)27-3)15(26-2)8-11(14)17(24)23-4-6-28-7-5-23/h8-10H,4-7H2,1-3H3,(H,20,21,22). The first-order valence-corrected chi connectivity index (χ1v) is 8.91. The quantitative estimate of drug-likeness (QED) is 0.778. The van der Waals surface area contributed by atoms with Crippen LogP contribution < -0.4 is 19.5 Å². The highest BCUT2D eigenvalue weighted by molar-refractivity contribution is 6.31. The molecule has 0 aliphatic carbocycles. The van der Waals surface area contributed by atoms with Crippen LogP contribution in [0.1, 0.15) is 10.4 Å². The Labute approximate surface area is 167 Å². The first-order chi connectivity index (χ1) is 13.6. The van der Waals surface area contributed by atoms with Crippen molar-refractivity contribution in [1.29, 1.82) is 0 Å². The fourth-order valence-corrected chi connectivity index (χ4v) is 2.94. The first-order valence-electron chi connectivity index (χ1n) is 8.54. The molecule has 1 N–H and O–H groups in total. The molecule has 1 aromatic heterocycles. The van der Waals surface area contributed by atoms with Gasteiger partial charge in [-0.1, -0.05) is 11.6 Å². The third-order valence-corrected chi connectivity index (χ3v) is 4.46. The molecule has 0 saturated carbocycles. The molecule has 1 saturated heterocycles. The van der Waals surface area contributed by atoms with Crippen LogP contribution in [0.4, 0.5) is 11.6 Å². The van der Waals surface area contributed by atoms with Gasteiger partial charge in [0.05, 0.1) is 52.0 Å². The van der Waals surface area contributed by atoms with Gasteiger partial charge in [0, 0.05) is 19.2 Å². The lowest BCUT2D eigenvalue weighted by molar-refractivity contribution is 0.0300. The molecule has 1 fully saturated rings. The number of carbonyl (C=O) groups is 1. The zero-order valence-electron chi connectivity index (χ0n) is 15.8. The van der Waals surface area contributed by atoms with Crippen molar-refractivity contribution in [3.63, 3.8) is 0 Å². The van der Waals surface area contributed by atoms with E-state index >= 15 is 0 Å². The van der Waals surface area contributed by atoms with Crippen molar-refractivity contribution in [2.75, 3.05) is 52.9 Å². The summed E-state index contributed by atoms with van der Waals surface area (Å²) in [5.74, 6) is 1.20. The fourth-order valence-electron chi connectivity index (χ4n) is 2.77. The number of nitrogens with one attached hydrogen (secondary N) is 1. The van der Waals surface area contributed by atoms with Gasteiger partial charge in [0.15, 0.2) is 0 Å². The Kier molecular flexibility index (Phi) is 6.37. The molecule has 1 aliphatic rings. The molecular weight excluding hydrogens is 388 g/mol. The van der Waals surface area contributed by atoms with Gasteiger partial charge < -0.3 is 29.2 Å². The van der Waals surface area contributed by atoms with E-state index in [1.54, 1.807) is 17.0 Å². The Morgan fingerprint density at radius 2 is 1.86 bits per heavy atom. The van der Waals surface area contributed by atoms with E-state index in [-0.39, 0.29) is 17.7 Å². The molecule has 2 aromatic rings. The Morgan fingerprint density at radius 3 is 2.50 bits per heavy atom. The van der Waals surface area contributed by atoms with Crippen molar-refractivity contribution < 1.29 is 23.7 Å². The number of benzene rings is 1. The number of amides is 1. The van der Waals surface area contributed by atoms with E-state index in [4.69, 9.17) is 30.5 Å². The highest BCUT2D eigenvalue weighted by Gasteiger charge is 2.24. The van der Waals surface area contributed by atoms with Crippen LogP contribution in [-0.2, 0) is 4.74 Å². The SMILES string of the molecule is COc1cc(C(=O)N2CCOCC2)c(OC)cc1Nc1ncc(Cl)c(OC)n1. The summed E-state index contributed by atoms with van der Waals surface area (Å²) in [7, 11) is 4.48. The second-order valence-corrected chi connectivity index (χ2v) is 6.24. The number of halogens is 1. The summed E-state index contributed by atoms with van der Waals surface area (Å²) in [4.78, 5) is 22.9. The average Bonchev–Trinajstić information content (AvgIpc) is 2.74. The number of hydrogen-bond donors (Lipinski definition) is 1. The van der Waals surface area contributed by atoms with Crippen LogP contribution in [0.15, 0.2) is 18.3 Å². The molecular formula is C18H21ClN4O5. The summed E-state index contributed by atoms with van der Waals surface area (Å²) in [6.07, 6.45) is 1.43. The number of methoxy groups -OCH3 is 3. The zero-order chi connectivity index (χ0) is 20.1. The van der Waals surface area contributed by atoms with Crippen molar-refractivity contribution in [3.05, 3.63) is 28.9 Å². The van der Waals surface area contributed by atoms with Crippen molar-refractivity contribution in [2.24, 2.45) is 0 Å². The van der Waals surface area contributed by atoms with Crippen LogP contribution in [0, 0.1) is 0 Å². The number of hydrogen-bond acceptors (Lipinski definition) is 8. The lowest BCUT2D eigenvalue weighted by Crippen LogP contribution is -2.40. The second-order valence-electron chi connectivity index (χ2n) is 5.83. The Hall–Kier alpha value is -2.78. The molecule has 1 amide bonds. The van der Waals surface area contributed by atoms with E-state index < -0.39 is 0 Å². The number of ether oxygens (including phenoxy) is 4. The first kappa shape index (κ1) is 20.0. The van der Waals surface area contributed by atoms with Gasteiger partial charge in [-0.3, -0.25) is 4.79 Å². The predicted molar refractivity (Wildman–Crippen MR) is 103 cm³/mol. The lowest BCUT2D eigenvalue weighted by atomic mass is 10.1. The Bertz CT molecular complexity index is 858. The monoisotopic (exact) mass is 408 g/mol.